The first-order valence-corrected chi connectivity index (χ1v) is 4.85. The second kappa shape index (κ2) is 3.20. The Hall–Kier alpha value is -2.16. The highest BCUT2D eigenvalue weighted by Crippen LogP contribution is 2.23. The maximum atomic E-state index is 4.12. The molecule has 0 fully saturated rings. The Bertz CT molecular complexity index is 584. The topological polar surface area (TPSA) is 42.8 Å². The molecule has 0 spiro atoms. The number of rotatable bonds is 1. The van der Waals surface area contributed by atoms with Crippen LogP contribution in [0.1, 0.15) is 0 Å². The van der Waals surface area contributed by atoms with E-state index in [0.717, 1.165) is 11.0 Å². The number of nitrogens with zero attached hydrogens (tertiary/aromatic N) is 1. The number of aromatic amines is 2. The SMILES string of the molecule is c1ccc(-c2cccc3n[nH][nH+]c23)cc1. The van der Waals surface area contributed by atoms with Gasteiger partial charge in [-0.25, -0.2) is 0 Å². The van der Waals surface area contributed by atoms with E-state index in [0.29, 0.717) is 0 Å². The molecule has 0 bridgehead atoms. The molecule has 72 valence electrons. The van der Waals surface area contributed by atoms with Crippen LogP contribution in [-0.2, 0) is 0 Å². The largest absolute Gasteiger partial charge is 0.249 e. The summed E-state index contributed by atoms with van der Waals surface area (Å²) in [5.41, 5.74) is 4.36. The molecule has 0 atom stereocenters. The Morgan fingerprint density at radius 3 is 2.67 bits per heavy atom. The van der Waals surface area contributed by atoms with E-state index in [1.807, 2.05) is 30.3 Å². The average Bonchev–Trinajstić information content (AvgIpc) is 2.78. The zero-order chi connectivity index (χ0) is 10.1. The molecule has 0 saturated heterocycles. The fraction of sp³-hybridized carbons (Fsp3) is 0. The van der Waals surface area contributed by atoms with Crippen molar-refractivity contribution in [3.63, 3.8) is 0 Å². The summed E-state index contributed by atoms with van der Waals surface area (Å²) in [6, 6.07) is 16.4. The molecule has 0 saturated carbocycles. The van der Waals surface area contributed by atoms with Crippen LogP contribution in [0.25, 0.3) is 22.2 Å². The first-order chi connectivity index (χ1) is 7.45. The molecule has 3 heteroatoms. The number of fused-ring (bicyclic) bond motifs is 1. The lowest BCUT2D eigenvalue weighted by Gasteiger charge is -1.98. The van der Waals surface area contributed by atoms with Gasteiger partial charge < -0.3 is 0 Å². The number of hydrogen-bond donors (Lipinski definition) is 1. The molecule has 2 aromatic carbocycles. The molecule has 3 nitrogen and oxygen atoms in total. The van der Waals surface area contributed by atoms with Gasteiger partial charge in [-0.1, -0.05) is 41.6 Å². The van der Waals surface area contributed by atoms with Gasteiger partial charge in [-0.2, -0.15) is 5.10 Å². The number of H-pyrrole nitrogens is 2. The summed E-state index contributed by atoms with van der Waals surface area (Å²) < 4.78 is 0. The van der Waals surface area contributed by atoms with E-state index in [-0.39, 0.29) is 0 Å². The molecule has 0 aliphatic heterocycles. The molecule has 1 heterocycles. The molecule has 0 radical (unpaired) electrons. The molecule has 3 rings (SSSR count). The Kier molecular flexibility index (Phi) is 1.75. The van der Waals surface area contributed by atoms with Crippen LogP contribution in [-0.4, -0.2) is 10.3 Å². The van der Waals surface area contributed by atoms with Crippen molar-refractivity contribution in [1.29, 1.82) is 0 Å². The van der Waals surface area contributed by atoms with E-state index >= 15 is 0 Å². The third-order valence-corrected chi connectivity index (χ3v) is 2.48. The van der Waals surface area contributed by atoms with Crippen molar-refractivity contribution < 1.29 is 5.10 Å². The molecule has 0 aliphatic rings. The van der Waals surface area contributed by atoms with Crippen molar-refractivity contribution >= 4 is 11.0 Å². The summed E-state index contributed by atoms with van der Waals surface area (Å²) in [6.45, 7) is 0. The maximum absolute atomic E-state index is 4.12. The van der Waals surface area contributed by atoms with Crippen molar-refractivity contribution in [2.24, 2.45) is 0 Å². The molecular formula is C12H10N3+. The monoisotopic (exact) mass is 196 g/mol. The van der Waals surface area contributed by atoms with Gasteiger partial charge in [0, 0.05) is 10.7 Å². The predicted octanol–water partition coefficient (Wildman–Crippen LogP) is 2.04. The van der Waals surface area contributed by atoms with Crippen LogP contribution in [0.2, 0.25) is 0 Å². The minimum atomic E-state index is 0.955. The second-order valence-electron chi connectivity index (χ2n) is 3.41. The van der Waals surface area contributed by atoms with Crippen molar-refractivity contribution in [2.45, 2.75) is 0 Å². The zero-order valence-electron chi connectivity index (χ0n) is 8.07. The summed E-state index contributed by atoms with van der Waals surface area (Å²) in [5.74, 6) is 0. The fourth-order valence-corrected chi connectivity index (χ4v) is 1.77. The third-order valence-electron chi connectivity index (χ3n) is 2.48. The Morgan fingerprint density at radius 1 is 0.933 bits per heavy atom. The normalized spacial score (nSPS) is 10.7. The highest BCUT2D eigenvalue weighted by atomic mass is 15.3. The molecule has 1 aromatic heterocycles. The van der Waals surface area contributed by atoms with Crippen molar-refractivity contribution in [3.8, 4) is 11.1 Å². The molecule has 3 aromatic rings. The Labute approximate surface area is 86.8 Å². The first-order valence-electron chi connectivity index (χ1n) is 4.85. The Morgan fingerprint density at radius 2 is 1.80 bits per heavy atom. The van der Waals surface area contributed by atoms with Gasteiger partial charge in [0.15, 0.2) is 0 Å². The van der Waals surface area contributed by atoms with Gasteiger partial charge in [0.1, 0.15) is 0 Å². The highest BCUT2D eigenvalue weighted by Gasteiger charge is 2.10. The molecule has 2 N–H and O–H groups in total. The van der Waals surface area contributed by atoms with E-state index in [2.05, 4.69) is 33.6 Å². The van der Waals surface area contributed by atoms with E-state index < -0.39 is 0 Å². The van der Waals surface area contributed by atoms with Crippen LogP contribution in [0.5, 0.6) is 0 Å². The number of hydrogen-bond acceptors (Lipinski definition) is 1. The number of para-hydroxylation sites is 1. The average molecular weight is 196 g/mol. The van der Waals surface area contributed by atoms with Crippen LogP contribution in [0.3, 0.4) is 0 Å². The Balaban J connectivity index is 2.31. The lowest BCUT2D eigenvalue weighted by atomic mass is 10.0. The van der Waals surface area contributed by atoms with Crippen LogP contribution >= 0.6 is 0 Å². The van der Waals surface area contributed by atoms with E-state index in [1.165, 1.54) is 11.1 Å². The van der Waals surface area contributed by atoms with Gasteiger partial charge in [0.2, 0.25) is 11.0 Å². The zero-order valence-corrected chi connectivity index (χ0v) is 8.07. The van der Waals surface area contributed by atoms with Crippen molar-refractivity contribution in [3.05, 3.63) is 48.5 Å². The summed E-state index contributed by atoms with van der Waals surface area (Å²) >= 11 is 0. The predicted molar refractivity (Wildman–Crippen MR) is 58.1 cm³/mol. The van der Waals surface area contributed by atoms with E-state index in [9.17, 15) is 0 Å². The molecule has 0 amide bonds. The summed E-state index contributed by atoms with van der Waals surface area (Å²) in [4.78, 5) is 0. The van der Waals surface area contributed by atoms with Gasteiger partial charge in [-0.15, -0.1) is 0 Å². The lowest BCUT2D eigenvalue weighted by molar-refractivity contribution is -0.426. The second-order valence-corrected chi connectivity index (χ2v) is 3.41. The van der Waals surface area contributed by atoms with Gasteiger partial charge in [-0.05, 0) is 17.7 Å². The first kappa shape index (κ1) is 8.17. The summed E-state index contributed by atoms with van der Waals surface area (Å²) in [5, 5.41) is 9.95. The smallest absolute Gasteiger partial charge is 0.168 e. The van der Waals surface area contributed by atoms with E-state index in [4.69, 9.17) is 0 Å². The van der Waals surface area contributed by atoms with Crippen molar-refractivity contribution in [1.82, 2.24) is 10.3 Å². The summed E-state index contributed by atoms with van der Waals surface area (Å²) in [6.07, 6.45) is 0. The van der Waals surface area contributed by atoms with Gasteiger partial charge in [-0.3, -0.25) is 0 Å². The fourth-order valence-electron chi connectivity index (χ4n) is 1.77. The molecule has 0 aliphatic carbocycles. The standard InChI is InChI=1S/C12H9N3/c1-2-5-9(6-3-1)10-7-4-8-11-12(10)14-15-13-11/h1-8H,(H,13,14,15)/p+1. The van der Waals surface area contributed by atoms with Gasteiger partial charge >= 0.3 is 0 Å². The maximum Gasteiger partial charge on any atom is 0.249 e. The van der Waals surface area contributed by atoms with Crippen LogP contribution in [0.4, 0.5) is 0 Å². The van der Waals surface area contributed by atoms with E-state index in [1.54, 1.807) is 0 Å². The van der Waals surface area contributed by atoms with Crippen LogP contribution < -0.4 is 5.10 Å². The minimum absolute atomic E-state index is 0.955. The molecule has 15 heavy (non-hydrogen) atoms. The molecule has 0 unspecified atom stereocenters. The number of benzene rings is 2. The van der Waals surface area contributed by atoms with Crippen LogP contribution in [0.15, 0.2) is 48.5 Å². The number of nitrogens with one attached hydrogen (secondary N) is 2. The van der Waals surface area contributed by atoms with Crippen molar-refractivity contribution in [2.75, 3.05) is 0 Å². The molecular weight excluding hydrogens is 186 g/mol. The van der Waals surface area contributed by atoms with Crippen LogP contribution in [0, 0.1) is 0 Å². The summed E-state index contributed by atoms with van der Waals surface area (Å²) in [7, 11) is 0. The highest BCUT2D eigenvalue weighted by molar-refractivity contribution is 5.88. The number of aromatic nitrogens is 3. The van der Waals surface area contributed by atoms with Gasteiger partial charge in [0.25, 0.3) is 0 Å². The third kappa shape index (κ3) is 1.29. The minimum Gasteiger partial charge on any atom is -0.168 e. The lowest BCUT2D eigenvalue weighted by Crippen LogP contribution is -2.02. The quantitative estimate of drug-likeness (QED) is 0.636. The van der Waals surface area contributed by atoms with Gasteiger partial charge in [0.05, 0.1) is 0 Å².